The first-order valence-electron chi connectivity index (χ1n) is 8.51. The molecule has 2 aromatic rings. The number of H-pyrrole nitrogens is 1. The Morgan fingerprint density at radius 3 is 2.75 bits per heavy atom. The largest absolute Gasteiger partial charge is 0.356 e. The van der Waals surface area contributed by atoms with Crippen LogP contribution in [0.25, 0.3) is 11.0 Å². The Morgan fingerprint density at radius 1 is 1.29 bits per heavy atom. The van der Waals surface area contributed by atoms with Gasteiger partial charge < -0.3 is 9.88 Å². The molecule has 1 fully saturated rings. The molecule has 2 N–H and O–H groups in total. The third kappa shape index (κ3) is 3.70. The molecular formula is C16H25N5O2S. The summed E-state index contributed by atoms with van der Waals surface area (Å²) in [5.41, 5.74) is 0.841. The molecule has 0 bridgehead atoms. The van der Waals surface area contributed by atoms with Crippen LogP contribution in [0.15, 0.2) is 18.6 Å². The van der Waals surface area contributed by atoms with Crippen molar-refractivity contribution in [2.75, 3.05) is 17.7 Å². The predicted molar refractivity (Wildman–Crippen MR) is 95.5 cm³/mol. The monoisotopic (exact) mass is 351 g/mol. The second kappa shape index (κ2) is 7.06. The molecule has 0 amide bonds. The third-order valence-corrected chi connectivity index (χ3v) is 6.37. The summed E-state index contributed by atoms with van der Waals surface area (Å²) in [5.74, 6) is 1.13. The molecule has 8 heteroatoms. The second-order valence-electron chi connectivity index (χ2n) is 6.49. The van der Waals surface area contributed by atoms with Crippen LogP contribution >= 0.6 is 0 Å². The summed E-state index contributed by atoms with van der Waals surface area (Å²) >= 11 is 0. The van der Waals surface area contributed by atoms with Crippen LogP contribution in [0.5, 0.6) is 0 Å². The molecule has 0 unspecified atom stereocenters. The van der Waals surface area contributed by atoms with Crippen molar-refractivity contribution in [2.45, 2.75) is 51.1 Å². The summed E-state index contributed by atoms with van der Waals surface area (Å²) in [6, 6.07) is 2.42. The molecule has 7 nitrogen and oxygen atoms in total. The molecule has 1 aliphatic carbocycles. The van der Waals surface area contributed by atoms with Crippen LogP contribution in [0.4, 0.5) is 5.82 Å². The zero-order valence-electron chi connectivity index (χ0n) is 14.2. The first-order chi connectivity index (χ1) is 11.5. The standard InChI is InChI=1S/C16H25N5O2S/c1-3-10-24(22,23)20-12-4-6-13(7-5-12)21(2)16-14-8-9-17-15(14)18-11-19-16/h8-9,11-13,20H,3-7,10H2,1-2H3,(H,17,18,19). The molecule has 2 aromatic heterocycles. The van der Waals surface area contributed by atoms with Crippen LogP contribution in [0.1, 0.15) is 39.0 Å². The molecule has 132 valence electrons. The van der Waals surface area contributed by atoms with Gasteiger partial charge in [0.2, 0.25) is 10.0 Å². The maximum Gasteiger partial charge on any atom is 0.211 e. The minimum atomic E-state index is -3.13. The van der Waals surface area contributed by atoms with Crippen molar-refractivity contribution in [1.29, 1.82) is 0 Å². The topological polar surface area (TPSA) is 91.0 Å². The molecular weight excluding hydrogens is 326 g/mol. The quantitative estimate of drug-likeness (QED) is 0.831. The van der Waals surface area contributed by atoms with Gasteiger partial charge in [0, 0.05) is 25.3 Å². The number of nitrogens with zero attached hydrogens (tertiary/aromatic N) is 3. The predicted octanol–water partition coefficient (Wildman–Crippen LogP) is 2.03. The molecule has 0 radical (unpaired) electrons. The highest BCUT2D eigenvalue weighted by atomic mass is 32.2. The van der Waals surface area contributed by atoms with Crippen molar-refractivity contribution >= 4 is 26.9 Å². The van der Waals surface area contributed by atoms with E-state index in [1.807, 2.05) is 19.2 Å². The number of aromatic amines is 1. The van der Waals surface area contributed by atoms with Gasteiger partial charge in [-0.05, 0) is 38.2 Å². The van der Waals surface area contributed by atoms with E-state index < -0.39 is 10.0 Å². The van der Waals surface area contributed by atoms with Crippen molar-refractivity contribution in [1.82, 2.24) is 19.7 Å². The van der Waals surface area contributed by atoms with Gasteiger partial charge in [-0.2, -0.15) is 0 Å². The lowest BCUT2D eigenvalue weighted by atomic mass is 9.91. The summed E-state index contributed by atoms with van der Waals surface area (Å²) < 4.78 is 26.7. The van der Waals surface area contributed by atoms with E-state index in [1.165, 1.54) is 0 Å². The van der Waals surface area contributed by atoms with Crippen molar-refractivity contribution in [3.8, 4) is 0 Å². The van der Waals surface area contributed by atoms with E-state index >= 15 is 0 Å². The highest BCUT2D eigenvalue weighted by Gasteiger charge is 2.27. The summed E-state index contributed by atoms with van der Waals surface area (Å²) in [4.78, 5) is 14.0. The molecule has 1 saturated carbocycles. The van der Waals surface area contributed by atoms with Crippen LogP contribution in [0, 0.1) is 0 Å². The van der Waals surface area contributed by atoms with Gasteiger partial charge in [0.15, 0.2) is 0 Å². The van der Waals surface area contributed by atoms with Crippen molar-refractivity contribution in [2.24, 2.45) is 0 Å². The first-order valence-corrected chi connectivity index (χ1v) is 10.2. The van der Waals surface area contributed by atoms with Crippen LogP contribution < -0.4 is 9.62 Å². The zero-order valence-corrected chi connectivity index (χ0v) is 15.0. The molecule has 3 rings (SSSR count). The van der Waals surface area contributed by atoms with Gasteiger partial charge in [0.1, 0.15) is 17.8 Å². The number of fused-ring (bicyclic) bond motifs is 1. The van der Waals surface area contributed by atoms with Crippen LogP contribution in [0.2, 0.25) is 0 Å². The molecule has 1 aliphatic rings. The number of hydrogen-bond donors (Lipinski definition) is 2. The lowest BCUT2D eigenvalue weighted by Gasteiger charge is -2.35. The maximum absolute atomic E-state index is 11.9. The minimum Gasteiger partial charge on any atom is -0.356 e. The lowest BCUT2D eigenvalue weighted by Crippen LogP contribution is -2.43. The fourth-order valence-electron chi connectivity index (χ4n) is 3.48. The SMILES string of the molecule is CCCS(=O)(=O)NC1CCC(N(C)c2ncnc3[nH]ccc23)CC1. The number of aromatic nitrogens is 3. The summed E-state index contributed by atoms with van der Waals surface area (Å²) in [6.07, 6.45) is 7.72. The second-order valence-corrected chi connectivity index (χ2v) is 8.36. The van der Waals surface area contributed by atoms with E-state index in [-0.39, 0.29) is 11.8 Å². The number of sulfonamides is 1. The first kappa shape index (κ1) is 17.2. The van der Waals surface area contributed by atoms with Gasteiger partial charge in [-0.25, -0.2) is 23.1 Å². The average molecular weight is 351 g/mol. The Labute approximate surface area is 142 Å². The number of hydrogen-bond acceptors (Lipinski definition) is 5. The molecule has 0 spiro atoms. The van der Waals surface area contributed by atoms with Gasteiger partial charge in [0.25, 0.3) is 0 Å². The number of anilines is 1. The molecule has 0 saturated heterocycles. The Bertz CT molecular complexity index is 781. The van der Waals surface area contributed by atoms with Crippen LogP contribution in [-0.4, -0.2) is 48.3 Å². The molecule has 0 aromatic carbocycles. The van der Waals surface area contributed by atoms with Crippen molar-refractivity contribution in [3.05, 3.63) is 18.6 Å². The lowest BCUT2D eigenvalue weighted by molar-refractivity contribution is 0.365. The molecule has 2 heterocycles. The van der Waals surface area contributed by atoms with Gasteiger partial charge in [-0.15, -0.1) is 0 Å². The van der Waals surface area contributed by atoms with E-state index in [0.717, 1.165) is 42.5 Å². The van der Waals surface area contributed by atoms with E-state index in [2.05, 4.69) is 31.6 Å². The van der Waals surface area contributed by atoms with Crippen LogP contribution in [-0.2, 0) is 10.0 Å². The smallest absolute Gasteiger partial charge is 0.211 e. The number of rotatable bonds is 6. The Balaban J connectivity index is 1.63. The maximum atomic E-state index is 11.9. The highest BCUT2D eigenvalue weighted by Crippen LogP contribution is 2.29. The Kier molecular flexibility index (Phi) is 5.05. The van der Waals surface area contributed by atoms with Gasteiger partial charge in [-0.3, -0.25) is 0 Å². The summed E-state index contributed by atoms with van der Waals surface area (Å²) in [7, 11) is -1.07. The average Bonchev–Trinajstić information content (AvgIpc) is 3.03. The summed E-state index contributed by atoms with van der Waals surface area (Å²) in [5, 5.41) is 1.02. The third-order valence-electron chi connectivity index (χ3n) is 4.73. The Hall–Kier alpha value is -1.67. The van der Waals surface area contributed by atoms with E-state index in [0.29, 0.717) is 12.5 Å². The number of nitrogens with one attached hydrogen (secondary N) is 2. The fourth-order valence-corrected chi connectivity index (χ4v) is 4.87. The van der Waals surface area contributed by atoms with E-state index in [1.54, 1.807) is 6.33 Å². The normalized spacial score (nSPS) is 21.9. The van der Waals surface area contributed by atoms with Gasteiger partial charge in [0.05, 0.1) is 11.1 Å². The van der Waals surface area contributed by atoms with E-state index in [9.17, 15) is 8.42 Å². The van der Waals surface area contributed by atoms with Gasteiger partial charge >= 0.3 is 0 Å². The fraction of sp³-hybridized carbons (Fsp3) is 0.625. The van der Waals surface area contributed by atoms with Gasteiger partial charge in [-0.1, -0.05) is 6.92 Å². The summed E-state index contributed by atoms with van der Waals surface area (Å²) in [6.45, 7) is 1.88. The molecule has 0 atom stereocenters. The van der Waals surface area contributed by atoms with Crippen molar-refractivity contribution in [3.63, 3.8) is 0 Å². The van der Waals surface area contributed by atoms with Crippen molar-refractivity contribution < 1.29 is 8.42 Å². The molecule has 24 heavy (non-hydrogen) atoms. The zero-order chi connectivity index (χ0) is 17.2. The highest BCUT2D eigenvalue weighted by molar-refractivity contribution is 7.89. The van der Waals surface area contributed by atoms with E-state index in [4.69, 9.17) is 0 Å². The Morgan fingerprint density at radius 2 is 2.04 bits per heavy atom. The van der Waals surface area contributed by atoms with Crippen LogP contribution in [0.3, 0.4) is 0 Å². The minimum absolute atomic E-state index is 0.0591. The molecule has 0 aliphatic heterocycles.